The van der Waals surface area contributed by atoms with Crippen molar-refractivity contribution in [3.63, 3.8) is 0 Å². The van der Waals surface area contributed by atoms with Crippen LogP contribution in [0.4, 0.5) is 0 Å². The Hall–Kier alpha value is -2.65. The van der Waals surface area contributed by atoms with Crippen molar-refractivity contribution < 1.29 is 22.4 Å². The molecule has 0 saturated carbocycles. The Morgan fingerprint density at radius 2 is 1.72 bits per heavy atom. The maximum atomic E-state index is 12.5. The van der Waals surface area contributed by atoms with Gasteiger partial charge in [-0.1, -0.05) is 26.0 Å². The topological polar surface area (TPSA) is 109 Å². The Balaban J connectivity index is 1.74. The average Bonchev–Trinajstić information content (AvgIpc) is 3.25. The Labute approximate surface area is 171 Å². The number of nitrogens with zero attached hydrogens (tertiary/aromatic N) is 1. The maximum Gasteiger partial charge on any atom is 0.286 e. The molecule has 0 atom stereocenters. The third kappa shape index (κ3) is 6.43. The van der Waals surface area contributed by atoms with Gasteiger partial charge >= 0.3 is 0 Å². The van der Waals surface area contributed by atoms with Crippen molar-refractivity contribution in [3.05, 3.63) is 54.0 Å². The number of rotatable bonds is 11. The second-order valence-corrected chi connectivity index (χ2v) is 8.28. The third-order valence-corrected chi connectivity index (χ3v) is 6.43. The molecule has 2 aromatic rings. The van der Waals surface area contributed by atoms with Gasteiger partial charge in [0.2, 0.25) is 15.9 Å². The van der Waals surface area contributed by atoms with E-state index < -0.39 is 10.0 Å². The third-order valence-electron chi connectivity index (χ3n) is 4.37. The highest BCUT2D eigenvalue weighted by Gasteiger charge is 2.21. The van der Waals surface area contributed by atoms with Crippen LogP contribution >= 0.6 is 0 Å². The summed E-state index contributed by atoms with van der Waals surface area (Å²) in [5, 5.41) is 5.47. The molecule has 0 aliphatic heterocycles. The van der Waals surface area contributed by atoms with E-state index >= 15 is 0 Å². The minimum absolute atomic E-state index is 0.142. The first kappa shape index (κ1) is 22.6. The van der Waals surface area contributed by atoms with E-state index in [0.29, 0.717) is 32.6 Å². The van der Waals surface area contributed by atoms with Gasteiger partial charge in [-0.3, -0.25) is 9.59 Å². The zero-order valence-corrected chi connectivity index (χ0v) is 17.5. The van der Waals surface area contributed by atoms with Gasteiger partial charge in [0.05, 0.1) is 11.2 Å². The van der Waals surface area contributed by atoms with Crippen LogP contribution in [0.25, 0.3) is 0 Å². The number of hydrogen-bond donors (Lipinski definition) is 2. The zero-order valence-electron chi connectivity index (χ0n) is 16.7. The largest absolute Gasteiger partial charge is 0.459 e. The molecule has 2 N–H and O–H groups in total. The lowest BCUT2D eigenvalue weighted by atomic mass is 10.2. The molecule has 8 nitrogen and oxygen atoms in total. The summed E-state index contributed by atoms with van der Waals surface area (Å²) < 4.78 is 31.3. The Morgan fingerprint density at radius 1 is 1.03 bits per heavy atom. The lowest BCUT2D eigenvalue weighted by molar-refractivity contribution is -0.121. The number of hydrogen-bond acceptors (Lipinski definition) is 5. The average molecular weight is 422 g/mol. The predicted octanol–water partition coefficient (Wildman–Crippen LogP) is 2.14. The van der Waals surface area contributed by atoms with Crippen molar-refractivity contribution in [1.29, 1.82) is 0 Å². The fourth-order valence-corrected chi connectivity index (χ4v) is 4.18. The molecule has 29 heavy (non-hydrogen) atoms. The van der Waals surface area contributed by atoms with Crippen LogP contribution in [0, 0.1) is 0 Å². The molecule has 0 unspecified atom stereocenters. The van der Waals surface area contributed by atoms with Gasteiger partial charge in [0, 0.05) is 32.6 Å². The molecule has 0 bridgehead atoms. The maximum absolute atomic E-state index is 12.5. The highest BCUT2D eigenvalue weighted by molar-refractivity contribution is 7.89. The fourth-order valence-electron chi connectivity index (χ4n) is 2.73. The summed E-state index contributed by atoms with van der Waals surface area (Å²) in [4.78, 5) is 23.9. The zero-order chi connectivity index (χ0) is 21.3. The van der Waals surface area contributed by atoms with Crippen LogP contribution in [0.2, 0.25) is 0 Å². The number of carbonyl (C=O) groups excluding carboxylic acids is 2. The molecule has 158 valence electrons. The van der Waals surface area contributed by atoms with Gasteiger partial charge in [-0.25, -0.2) is 8.42 Å². The Morgan fingerprint density at radius 3 is 2.31 bits per heavy atom. The lowest BCUT2D eigenvalue weighted by Gasteiger charge is -2.18. The van der Waals surface area contributed by atoms with Crippen LogP contribution in [0.5, 0.6) is 0 Å². The molecule has 0 saturated heterocycles. The first-order chi connectivity index (χ1) is 13.9. The molecule has 2 amide bonds. The monoisotopic (exact) mass is 421 g/mol. The van der Waals surface area contributed by atoms with Crippen LogP contribution in [0.15, 0.2) is 52.0 Å². The van der Waals surface area contributed by atoms with E-state index in [-0.39, 0.29) is 28.9 Å². The second kappa shape index (κ2) is 10.8. The SMILES string of the molecule is CCN(CC)S(=O)(=O)c1ccc(CNC(=O)CCCNC(=O)c2ccco2)cc1. The van der Waals surface area contributed by atoms with Crippen LogP contribution in [-0.2, 0) is 21.4 Å². The van der Waals surface area contributed by atoms with Crippen LogP contribution < -0.4 is 10.6 Å². The van der Waals surface area contributed by atoms with Gasteiger partial charge < -0.3 is 15.1 Å². The molecular weight excluding hydrogens is 394 g/mol. The van der Waals surface area contributed by atoms with Gasteiger partial charge in [-0.2, -0.15) is 4.31 Å². The van der Waals surface area contributed by atoms with Gasteiger partial charge in [0.1, 0.15) is 0 Å². The molecule has 0 aliphatic carbocycles. The summed E-state index contributed by atoms with van der Waals surface area (Å²) in [5.74, 6) is -0.215. The van der Waals surface area contributed by atoms with E-state index in [1.165, 1.54) is 10.6 Å². The number of nitrogens with one attached hydrogen (secondary N) is 2. The molecule has 0 radical (unpaired) electrons. The van der Waals surface area contributed by atoms with Crippen molar-refractivity contribution in [2.45, 2.75) is 38.1 Å². The highest BCUT2D eigenvalue weighted by atomic mass is 32.2. The van der Waals surface area contributed by atoms with Gasteiger partial charge in [-0.15, -0.1) is 0 Å². The summed E-state index contributed by atoms with van der Waals surface area (Å²) in [6, 6.07) is 9.70. The highest BCUT2D eigenvalue weighted by Crippen LogP contribution is 2.16. The van der Waals surface area contributed by atoms with Crippen molar-refractivity contribution in [2.75, 3.05) is 19.6 Å². The van der Waals surface area contributed by atoms with E-state index in [1.54, 1.807) is 50.2 Å². The molecule has 2 rings (SSSR count). The van der Waals surface area contributed by atoms with Crippen molar-refractivity contribution in [1.82, 2.24) is 14.9 Å². The smallest absolute Gasteiger partial charge is 0.286 e. The normalized spacial score (nSPS) is 11.4. The minimum atomic E-state index is -3.48. The van der Waals surface area contributed by atoms with Gasteiger partial charge in [0.15, 0.2) is 5.76 Å². The molecule has 1 heterocycles. The standard InChI is InChI=1S/C20H27N3O5S/c1-3-23(4-2)29(26,27)17-11-9-16(10-12-17)15-22-19(24)8-5-13-21-20(25)18-7-6-14-28-18/h6-7,9-12,14H,3-5,8,13,15H2,1-2H3,(H,21,25)(H,22,24). The van der Waals surface area contributed by atoms with E-state index in [9.17, 15) is 18.0 Å². The summed E-state index contributed by atoms with van der Waals surface area (Å²) in [7, 11) is -3.48. The van der Waals surface area contributed by atoms with Gasteiger partial charge in [0.25, 0.3) is 5.91 Å². The fraction of sp³-hybridized carbons (Fsp3) is 0.400. The van der Waals surface area contributed by atoms with Crippen molar-refractivity contribution in [3.8, 4) is 0 Å². The number of sulfonamides is 1. The summed E-state index contributed by atoms with van der Waals surface area (Å²) in [5.41, 5.74) is 0.808. The Kier molecular flexibility index (Phi) is 8.41. The van der Waals surface area contributed by atoms with Crippen molar-refractivity contribution >= 4 is 21.8 Å². The molecule has 0 fully saturated rings. The van der Waals surface area contributed by atoms with Crippen molar-refractivity contribution in [2.24, 2.45) is 0 Å². The molecule has 0 spiro atoms. The number of carbonyl (C=O) groups is 2. The molecule has 0 aliphatic rings. The van der Waals surface area contributed by atoms with Crippen LogP contribution in [0.3, 0.4) is 0 Å². The van der Waals surface area contributed by atoms with E-state index in [1.807, 2.05) is 0 Å². The van der Waals surface area contributed by atoms with E-state index in [4.69, 9.17) is 4.42 Å². The second-order valence-electron chi connectivity index (χ2n) is 6.35. The van der Waals surface area contributed by atoms with Crippen LogP contribution in [0.1, 0.15) is 42.8 Å². The Bertz CT molecular complexity index is 889. The molecule has 1 aromatic heterocycles. The predicted molar refractivity (Wildman–Crippen MR) is 109 cm³/mol. The van der Waals surface area contributed by atoms with E-state index in [0.717, 1.165) is 5.56 Å². The first-order valence-corrected chi connectivity index (χ1v) is 11.0. The number of benzene rings is 1. The number of furan rings is 1. The summed E-state index contributed by atoms with van der Waals surface area (Å²) in [6.07, 6.45) is 2.19. The first-order valence-electron chi connectivity index (χ1n) is 9.56. The minimum Gasteiger partial charge on any atom is -0.459 e. The summed E-state index contributed by atoms with van der Waals surface area (Å²) in [6.45, 7) is 5.10. The molecule has 1 aromatic carbocycles. The van der Waals surface area contributed by atoms with Crippen LogP contribution in [-0.4, -0.2) is 44.2 Å². The molecule has 9 heteroatoms. The van der Waals surface area contributed by atoms with Gasteiger partial charge in [-0.05, 0) is 36.2 Å². The summed E-state index contributed by atoms with van der Waals surface area (Å²) >= 11 is 0. The quantitative estimate of drug-likeness (QED) is 0.540. The van der Waals surface area contributed by atoms with E-state index in [2.05, 4.69) is 10.6 Å². The molecular formula is C20H27N3O5S. The number of amides is 2. The lowest BCUT2D eigenvalue weighted by Crippen LogP contribution is -2.30.